The highest BCUT2D eigenvalue weighted by atomic mass is 19.4. The minimum absolute atomic E-state index is 0.713. The quantitative estimate of drug-likeness (QED) is 0.618. The van der Waals surface area contributed by atoms with E-state index >= 15 is 0 Å². The molecule has 0 aliphatic heterocycles. The van der Waals surface area contributed by atoms with Gasteiger partial charge in [-0.1, -0.05) is 0 Å². The number of carbonyl (C=O) groups excluding carboxylic acids is 2. The van der Waals surface area contributed by atoms with Crippen molar-refractivity contribution in [3.8, 4) is 5.95 Å². The molecular weight excluding hydrogens is 261 g/mol. The Bertz CT molecular complexity index is 501. The lowest BCUT2D eigenvalue weighted by Crippen LogP contribution is -2.36. The SMILES string of the molecule is O=C(O)C(=O)C(C(=O)C(F)(F)F)c1ccoc1O. The predicted octanol–water partition coefficient (Wildman–Crippen LogP) is 0.854. The van der Waals surface area contributed by atoms with E-state index in [2.05, 4.69) is 4.42 Å². The number of carboxylic acids is 1. The fourth-order valence-corrected chi connectivity index (χ4v) is 1.22. The second-order valence-corrected chi connectivity index (χ2v) is 3.15. The molecule has 6 nitrogen and oxygen atoms in total. The van der Waals surface area contributed by atoms with Crippen LogP contribution in [0.3, 0.4) is 0 Å². The first-order valence-corrected chi connectivity index (χ1v) is 4.30. The number of aromatic hydroxyl groups is 1. The van der Waals surface area contributed by atoms with Crippen LogP contribution >= 0.6 is 0 Å². The lowest BCUT2D eigenvalue weighted by Gasteiger charge is -2.13. The molecule has 98 valence electrons. The number of halogens is 3. The summed E-state index contributed by atoms with van der Waals surface area (Å²) in [5, 5.41) is 17.4. The van der Waals surface area contributed by atoms with E-state index in [4.69, 9.17) is 10.2 Å². The molecule has 0 saturated carbocycles. The lowest BCUT2D eigenvalue weighted by atomic mass is 9.91. The van der Waals surface area contributed by atoms with E-state index in [0.29, 0.717) is 6.07 Å². The second-order valence-electron chi connectivity index (χ2n) is 3.15. The van der Waals surface area contributed by atoms with E-state index in [0.717, 1.165) is 6.26 Å². The number of rotatable bonds is 4. The maximum atomic E-state index is 12.2. The molecule has 2 N–H and O–H groups in total. The number of furan rings is 1. The Kier molecular flexibility index (Phi) is 3.44. The summed E-state index contributed by atoms with van der Waals surface area (Å²) in [6.07, 6.45) is -4.70. The third kappa shape index (κ3) is 2.50. The van der Waals surface area contributed by atoms with Gasteiger partial charge in [0.2, 0.25) is 0 Å². The highest BCUT2D eigenvalue weighted by Crippen LogP contribution is 2.33. The number of Topliss-reactive ketones (excluding diaryl/α,β-unsaturated/α-hetero) is 2. The van der Waals surface area contributed by atoms with Gasteiger partial charge in [0.05, 0.1) is 11.8 Å². The van der Waals surface area contributed by atoms with Crippen LogP contribution in [0.5, 0.6) is 5.95 Å². The van der Waals surface area contributed by atoms with Crippen LogP contribution in [0.15, 0.2) is 16.7 Å². The molecule has 0 amide bonds. The average Bonchev–Trinajstić information content (AvgIpc) is 2.63. The molecule has 1 unspecified atom stereocenters. The third-order valence-electron chi connectivity index (χ3n) is 2.00. The van der Waals surface area contributed by atoms with Crippen LogP contribution < -0.4 is 0 Å². The number of hydrogen-bond donors (Lipinski definition) is 2. The topological polar surface area (TPSA) is 105 Å². The van der Waals surface area contributed by atoms with Crippen molar-refractivity contribution < 1.29 is 42.2 Å². The van der Waals surface area contributed by atoms with Gasteiger partial charge in [-0.3, -0.25) is 9.59 Å². The van der Waals surface area contributed by atoms with Crippen LogP contribution in [-0.4, -0.2) is 33.9 Å². The molecule has 0 fully saturated rings. The molecule has 1 rings (SSSR count). The van der Waals surface area contributed by atoms with E-state index in [9.17, 15) is 27.6 Å². The van der Waals surface area contributed by atoms with Gasteiger partial charge in [0.15, 0.2) is 0 Å². The Morgan fingerprint density at radius 1 is 1.28 bits per heavy atom. The van der Waals surface area contributed by atoms with Crippen molar-refractivity contribution in [2.45, 2.75) is 12.1 Å². The zero-order chi connectivity index (χ0) is 14.1. The van der Waals surface area contributed by atoms with E-state index < -0.39 is 41.1 Å². The molecule has 1 heterocycles. The van der Waals surface area contributed by atoms with Crippen molar-refractivity contribution in [2.24, 2.45) is 0 Å². The van der Waals surface area contributed by atoms with Crippen LogP contribution in [0.1, 0.15) is 11.5 Å². The third-order valence-corrected chi connectivity index (χ3v) is 2.00. The summed E-state index contributed by atoms with van der Waals surface area (Å²) in [7, 11) is 0. The van der Waals surface area contributed by atoms with Crippen molar-refractivity contribution >= 4 is 17.5 Å². The molecule has 0 aliphatic carbocycles. The van der Waals surface area contributed by atoms with Crippen LogP contribution in [0.25, 0.3) is 0 Å². The molecule has 1 aromatic heterocycles. The standard InChI is InChI=1S/C9H5F3O6/c10-9(11,12)6(14)4(5(13)7(15)16)3-1-2-18-8(3)17/h1-2,4,17H,(H,15,16). The van der Waals surface area contributed by atoms with Crippen molar-refractivity contribution in [3.05, 3.63) is 17.9 Å². The number of ketones is 2. The first-order valence-electron chi connectivity index (χ1n) is 4.30. The minimum atomic E-state index is -5.42. The van der Waals surface area contributed by atoms with Crippen LogP contribution in [0, 0.1) is 0 Å². The zero-order valence-electron chi connectivity index (χ0n) is 8.39. The lowest BCUT2D eigenvalue weighted by molar-refractivity contribution is -0.175. The normalized spacial score (nSPS) is 13.1. The second kappa shape index (κ2) is 4.51. The summed E-state index contributed by atoms with van der Waals surface area (Å²) in [6.45, 7) is 0. The Balaban J connectivity index is 3.29. The van der Waals surface area contributed by atoms with E-state index in [-0.39, 0.29) is 0 Å². The average molecular weight is 266 g/mol. The fourth-order valence-electron chi connectivity index (χ4n) is 1.22. The Morgan fingerprint density at radius 3 is 2.17 bits per heavy atom. The van der Waals surface area contributed by atoms with E-state index in [1.54, 1.807) is 0 Å². The molecule has 0 radical (unpaired) electrons. The van der Waals surface area contributed by atoms with Gasteiger partial charge in [-0.15, -0.1) is 0 Å². The van der Waals surface area contributed by atoms with Crippen molar-refractivity contribution in [1.29, 1.82) is 0 Å². The van der Waals surface area contributed by atoms with Gasteiger partial charge in [0.1, 0.15) is 5.92 Å². The van der Waals surface area contributed by atoms with Gasteiger partial charge in [-0.25, -0.2) is 4.79 Å². The maximum absolute atomic E-state index is 12.2. The molecular formula is C9H5F3O6. The van der Waals surface area contributed by atoms with Gasteiger partial charge in [0.25, 0.3) is 17.5 Å². The van der Waals surface area contributed by atoms with Crippen molar-refractivity contribution in [3.63, 3.8) is 0 Å². The van der Waals surface area contributed by atoms with Gasteiger partial charge in [-0.05, 0) is 6.07 Å². The van der Waals surface area contributed by atoms with Gasteiger partial charge in [0, 0.05) is 0 Å². The van der Waals surface area contributed by atoms with Crippen LogP contribution in [0.2, 0.25) is 0 Å². The van der Waals surface area contributed by atoms with Gasteiger partial charge in [-0.2, -0.15) is 13.2 Å². The summed E-state index contributed by atoms with van der Waals surface area (Å²) < 4.78 is 40.9. The summed E-state index contributed by atoms with van der Waals surface area (Å²) in [4.78, 5) is 32.5. The van der Waals surface area contributed by atoms with E-state index in [1.807, 2.05) is 0 Å². The Labute approximate surface area is 96.6 Å². The summed E-state index contributed by atoms with van der Waals surface area (Å²) in [6, 6.07) is 0.713. The van der Waals surface area contributed by atoms with Crippen molar-refractivity contribution in [1.82, 2.24) is 0 Å². The highest BCUT2D eigenvalue weighted by molar-refractivity contribution is 6.40. The number of carboxylic acid groups (broad SMARTS) is 1. The Hall–Kier alpha value is -2.32. The number of alkyl halides is 3. The highest BCUT2D eigenvalue weighted by Gasteiger charge is 2.49. The Morgan fingerprint density at radius 2 is 1.83 bits per heavy atom. The molecule has 1 atom stereocenters. The largest absolute Gasteiger partial charge is 0.480 e. The molecule has 0 aliphatic rings. The predicted molar refractivity (Wildman–Crippen MR) is 46.8 cm³/mol. The summed E-state index contributed by atoms with van der Waals surface area (Å²) >= 11 is 0. The minimum Gasteiger partial charge on any atom is -0.480 e. The molecule has 0 saturated heterocycles. The van der Waals surface area contributed by atoms with Gasteiger partial charge < -0.3 is 14.6 Å². The molecule has 0 spiro atoms. The van der Waals surface area contributed by atoms with Crippen molar-refractivity contribution in [2.75, 3.05) is 0 Å². The molecule has 0 aromatic carbocycles. The number of hydrogen-bond acceptors (Lipinski definition) is 5. The fraction of sp³-hybridized carbons (Fsp3) is 0.222. The summed E-state index contributed by atoms with van der Waals surface area (Å²) in [5.74, 6) is -10.6. The molecule has 18 heavy (non-hydrogen) atoms. The van der Waals surface area contributed by atoms with Crippen LogP contribution in [-0.2, 0) is 14.4 Å². The number of aliphatic carboxylic acids is 1. The molecule has 0 bridgehead atoms. The first kappa shape index (κ1) is 13.7. The maximum Gasteiger partial charge on any atom is 0.451 e. The molecule has 9 heteroatoms. The van der Waals surface area contributed by atoms with E-state index in [1.165, 1.54) is 0 Å². The summed E-state index contributed by atoms with van der Waals surface area (Å²) in [5.41, 5.74) is -0.843. The van der Waals surface area contributed by atoms with Gasteiger partial charge >= 0.3 is 12.1 Å². The smallest absolute Gasteiger partial charge is 0.451 e. The zero-order valence-corrected chi connectivity index (χ0v) is 8.39. The molecule has 1 aromatic rings. The monoisotopic (exact) mass is 266 g/mol. The van der Waals surface area contributed by atoms with Crippen LogP contribution in [0.4, 0.5) is 13.2 Å². The first-order chi connectivity index (χ1) is 8.16. The number of carbonyl (C=O) groups is 3.